The SMILES string of the molecule is COc1nc2cc(Cl)c(Cl)c(-n3c(C)nnc3-n3ccnc3)c2nc1OC.COc1nc2cc(Cl)c(Cl)c(-n3c(C)nnc3Br)c2nc1OC.COc1nc2cc(Cl)c(Cl)c(-n3cnnc3C)c2nc1OC. The van der Waals surface area contributed by atoms with Crippen molar-refractivity contribution >= 4 is 119 Å². The van der Waals surface area contributed by atoms with Crippen molar-refractivity contribution in [1.82, 2.24) is 83.7 Å². The molecule has 0 bridgehead atoms. The predicted molar refractivity (Wildman–Crippen MR) is 272 cm³/mol. The van der Waals surface area contributed by atoms with Gasteiger partial charge in [-0.25, -0.2) is 34.9 Å². The topological polar surface area (TPSA) is 243 Å². The van der Waals surface area contributed by atoms with E-state index in [4.69, 9.17) is 98.0 Å². The highest BCUT2D eigenvalue weighted by Crippen LogP contribution is 2.41. The Labute approximate surface area is 445 Å². The average molecular weight is 1170 g/mol. The van der Waals surface area contributed by atoms with Gasteiger partial charge in [0.2, 0.25) is 10.7 Å². The number of hydrogen-bond donors (Lipinski definition) is 0. The standard InChI is InChI=1S/C16H13Cl2N7O2.C13H10BrCl2N5O2.C13H11Cl2N5O2/c1-8-22-23-16(24-5-4-19-7-24)25(8)13-11(18)9(17)6-10-12(13)21-15(27-3)14(20-10)26-2;1-5-19-20-13(14)21(5)10-8(16)6(15)4-7-9(10)18-12(23-3)11(17-7)22-2;1-6-19-16-5-20(6)11-9(15)7(14)4-8-10(11)18-13(22-3)12(17-8)21-2/h4-7H,1-3H3;4H,1-3H3;4-5H,1-3H3. The summed E-state index contributed by atoms with van der Waals surface area (Å²) in [5, 5.41) is 26.1. The maximum absolute atomic E-state index is 6.57. The summed E-state index contributed by atoms with van der Waals surface area (Å²) < 4.78 is 38.6. The first kappa shape index (κ1) is 51.7. The molecule has 0 aliphatic carbocycles. The molecule has 23 nitrogen and oxygen atoms in total. The molecule has 30 heteroatoms. The summed E-state index contributed by atoms with van der Waals surface area (Å²) in [6, 6.07) is 4.86. The number of nitrogens with zero attached hydrogens (tertiary/aromatic N) is 17. The number of rotatable bonds is 10. The van der Waals surface area contributed by atoms with Crippen LogP contribution < -0.4 is 28.4 Å². The van der Waals surface area contributed by atoms with Gasteiger partial charge in [0.05, 0.1) is 106 Å². The third kappa shape index (κ3) is 9.57. The predicted octanol–water partition coefficient (Wildman–Crippen LogP) is 9.48. The largest absolute Gasteiger partial charge is 0.477 e. The fourth-order valence-electron chi connectivity index (χ4n) is 6.96. The number of halogens is 7. The van der Waals surface area contributed by atoms with Gasteiger partial charge >= 0.3 is 0 Å². The second-order valence-corrected chi connectivity index (χ2v) is 17.4. The third-order valence-electron chi connectivity index (χ3n) is 10.2. The van der Waals surface area contributed by atoms with E-state index in [0.717, 1.165) is 0 Å². The molecule has 0 unspecified atom stereocenters. The van der Waals surface area contributed by atoms with Crippen LogP contribution in [0.25, 0.3) is 56.1 Å². The Kier molecular flexibility index (Phi) is 15.5. The van der Waals surface area contributed by atoms with Gasteiger partial charge in [-0.1, -0.05) is 69.6 Å². The summed E-state index contributed by atoms with van der Waals surface area (Å²) in [5.41, 5.74) is 4.52. The summed E-state index contributed by atoms with van der Waals surface area (Å²) >= 11 is 41.5. The van der Waals surface area contributed by atoms with Crippen molar-refractivity contribution in [2.24, 2.45) is 0 Å². The minimum atomic E-state index is 0.222. The van der Waals surface area contributed by atoms with Crippen molar-refractivity contribution in [3.63, 3.8) is 0 Å². The number of aryl methyl sites for hydroxylation is 3. The lowest BCUT2D eigenvalue weighted by atomic mass is 10.2. The number of fused-ring (bicyclic) bond motifs is 3. The maximum atomic E-state index is 6.57. The Bertz CT molecular complexity index is 3650. The van der Waals surface area contributed by atoms with Crippen LogP contribution in [0, 0.1) is 20.8 Å². The van der Waals surface area contributed by atoms with Gasteiger partial charge in [0.15, 0.2) is 0 Å². The molecule has 10 aromatic rings. The van der Waals surface area contributed by atoms with Gasteiger partial charge in [-0.3, -0.25) is 18.3 Å². The van der Waals surface area contributed by atoms with Gasteiger partial charge in [0.25, 0.3) is 35.3 Å². The zero-order chi connectivity index (χ0) is 51.7. The molecule has 7 heterocycles. The molecule has 0 spiro atoms. The summed E-state index contributed by atoms with van der Waals surface area (Å²) in [7, 11) is 8.90. The number of benzene rings is 3. The number of ether oxygens (including phenoxy) is 6. The Morgan fingerprint density at radius 3 is 1.25 bits per heavy atom. The molecule has 7 aromatic heterocycles. The lowest BCUT2D eigenvalue weighted by Gasteiger charge is -2.15. The Morgan fingerprint density at radius 2 is 0.861 bits per heavy atom. The van der Waals surface area contributed by atoms with E-state index in [-0.39, 0.29) is 40.3 Å². The van der Waals surface area contributed by atoms with E-state index in [1.54, 1.807) is 76.0 Å². The van der Waals surface area contributed by atoms with Gasteiger partial charge in [-0.15, -0.1) is 30.6 Å². The number of aromatic nitrogens is 17. The Morgan fingerprint density at radius 1 is 0.458 bits per heavy atom. The lowest BCUT2D eigenvalue weighted by molar-refractivity contribution is 0.334. The minimum Gasteiger partial charge on any atom is -0.477 e. The first-order chi connectivity index (χ1) is 34.6. The van der Waals surface area contributed by atoms with Crippen molar-refractivity contribution < 1.29 is 28.4 Å². The smallest absolute Gasteiger partial charge is 0.278 e. The van der Waals surface area contributed by atoms with E-state index < -0.39 is 0 Å². The van der Waals surface area contributed by atoms with Crippen molar-refractivity contribution in [2.45, 2.75) is 20.8 Å². The molecule has 10 rings (SSSR count). The molecule has 0 radical (unpaired) electrons. The molecule has 0 aliphatic rings. The summed E-state index contributed by atoms with van der Waals surface area (Å²) in [6.07, 6.45) is 6.52. The molecular formula is C42H34BrCl6N17O6. The number of methoxy groups -OCH3 is 6. The van der Waals surface area contributed by atoms with Crippen LogP contribution in [0.3, 0.4) is 0 Å². The van der Waals surface area contributed by atoms with Crippen molar-refractivity contribution in [3.05, 3.63) is 95.6 Å². The zero-order valence-corrected chi connectivity index (χ0v) is 44.9. The second kappa shape index (κ2) is 21.6. The highest BCUT2D eigenvalue weighted by Gasteiger charge is 2.25. The maximum Gasteiger partial charge on any atom is 0.278 e. The average Bonchev–Trinajstić information content (AvgIpc) is 4.21. The lowest BCUT2D eigenvalue weighted by Crippen LogP contribution is -2.08. The quantitative estimate of drug-likeness (QED) is 0.124. The van der Waals surface area contributed by atoms with E-state index in [1.165, 1.54) is 49.0 Å². The van der Waals surface area contributed by atoms with Crippen molar-refractivity contribution in [3.8, 4) is 58.3 Å². The van der Waals surface area contributed by atoms with Gasteiger partial charge in [0, 0.05) is 12.4 Å². The molecule has 0 fully saturated rings. The molecule has 372 valence electrons. The molecular weight excluding hydrogens is 1130 g/mol. The molecule has 0 saturated carbocycles. The minimum absolute atomic E-state index is 0.222. The van der Waals surface area contributed by atoms with Crippen LogP contribution >= 0.6 is 85.5 Å². The zero-order valence-electron chi connectivity index (χ0n) is 38.7. The first-order valence-electron chi connectivity index (χ1n) is 20.3. The summed E-state index contributed by atoms with van der Waals surface area (Å²) in [6.45, 7) is 5.38. The van der Waals surface area contributed by atoms with Crippen LogP contribution in [-0.4, -0.2) is 126 Å². The van der Waals surface area contributed by atoms with Crippen molar-refractivity contribution in [2.75, 3.05) is 42.7 Å². The molecule has 3 aromatic carbocycles. The number of hydrogen-bond acceptors (Lipinski definition) is 19. The van der Waals surface area contributed by atoms with Crippen LogP contribution in [0.1, 0.15) is 17.5 Å². The van der Waals surface area contributed by atoms with Gasteiger partial charge in [-0.2, -0.15) is 0 Å². The fourth-order valence-corrected chi connectivity index (χ4v) is 8.75. The highest BCUT2D eigenvalue weighted by molar-refractivity contribution is 9.10. The monoisotopic (exact) mass is 1160 g/mol. The van der Waals surface area contributed by atoms with Gasteiger partial charge in [0.1, 0.15) is 46.7 Å². The fraction of sp³-hybridized carbons (Fsp3) is 0.214. The third-order valence-corrected chi connectivity index (χ3v) is 13.0. The highest BCUT2D eigenvalue weighted by atomic mass is 79.9. The molecule has 0 amide bonds. The van der Waals surface area contributed by atoms with E-state index in [9.17, 15) is 0 Å². The van der Waals surface area contributed by atoms with E-state index >= 15 is 0 Å². The molecule has 0 saturated heterocycles. The van der Waals surface area contributed by atoms with Crippen LogP contribution in [0.2, 0.25) is 30.1 Å². The summed E-state index contributed by atoms with van der Waals surface area (Å²) in [5.74, 6) is 3.78. The normalized spacial score (nSPS) is 11.1. The van der Waals surface area contributed by atoms with Crippen LogP contribution in [0.5, 0.6) is 35.3 Å². The molecule has 0 atom stereocenters. The van der Waals surface area contributed by atoms with Crippen molar-refractivity contribution in [1.29, 1.82) is 0 Å². The van der Waals surface area contributed by atoms with Crippen LogP contribution in [-0.2, 0) is 0 Å². The first-order valence-corrected chi connectivity index (χ1v) is 23.3. The molecule has 72 heavy (non-hydrogen) atoms. The molecule has 0 aliphatic heterocycles. The van der Waals surface area contributed by atoms with E-state index in [1.807, 2.05) is 0 Å². The number of imidazole rings is 1. The summed E-state index contributed by atoms with van der Waals surface area (Å²) in [4.78, 5) is 30.6. The van der Waals surface area contributed by atoms with Gasteiger partial charge in [-0.05, 0) is 54.9 Å². The Balaban J connectivity index is 0.000000145. The van der Waals surface area contributed by atoms with E-state index in [0.29, 0.717) is 103 Å². The van der Waals surface area contributed by atoms with Crippen LogP contribution in [0.4, 0.5) is 0 Å². The Hall–Kier alpha value is -6.67. The second-order valence-electron chi connectivity index (χ2n) is 14.3. The van der Waals surface area contributed by atoms with Gasteiger partial charge < -0.3 is 28.4 Å². The molecule has 0 N–H and O–H groups in total. The van der Waals surface area contributed by atoms with Crippen LogP contribution in [0.15, 0.2) is 48.0 Å². The van der Waals surface area contributed by atoms with E-state index in [2.05, 4.69) is 81.4 Å².